The summed E-state index contributed by atoms with van der Waals surface area (Å²) in [5, 5.41) is 20.3. The molecule has 0 saturated carbocycles. The third-order valence-corrected chi connectivity index (χ3v) is 8.93. The Kier molecular flexibility index (Phi) is 5.04. The van der Waals surface area contributed by atoms with Gasteiger partial charge in [-0.15, -0.1) is 0 Å². The van der Waals surface area contributed by atoms with E-state index in [0.717, 1.165) is 61.0 Å². The highest BCUT2D eigenvalue weighted by atomic mass is 19.1. The average molecular weight is 511 g/mol. The number of phenols is 1. The van der Waals surface area contributed by atoms with Crippen LogP contribution in [0.2, 0.25) is 0 Å². The second-order valence-electron chi connectivity index (χ2n) is 11.5. The Bertz CT molecular complexity index is 1550. The first-order valence-electron chi connectivity index (χ1n) is 13.8. The molecule has 7 nitrogen and oxygen atoms in total. The summed E-state index contributed by atoms with van der Waals surface area (Å²) in [6, 6.07) is 16.7. The SMILES string of the molecule is Oc1cc(-c2ccc3c(N4C[C@H]5CC[C@@H](C4)N5)nc(N4CC5CCC(C4)N5)nc3c2F)c2ccccc2c1. The predicted octanol–water partition coefficient (Wildman–Crippen LogP) is 4.18. The number of rotatable bonds is 3. The van der Waals surface area contributed by atoms with Gasteiger partial charge in [0.25, 0.3) is 0 Å². The fraction of sp³-hybridized carbons (Fsp3) is 0.400. The number of aromatic hydroxyl groups is 1. The molecule has 4 aliphatic rings. The molecule has 4 fully saturated rings. The molecule has 1 aromatic heterocycles. The summed E-state index contributed by atoms with van der Waals surface area (Å²) < 4.78 is 16.6. The first-order valence-corrected chi connectivity index (χ1v) is 13.8. The molecule has 0 spiro atoms. The summed E-state index contributed by atoms with van der Waals surface area (Å²) in [5.74, 6) is 1.21. The molecule has 4 saturated heterocycles. The van der Waals surface area contributed by atoms with Crippen LogP contribution in [0.15, 0.2) is 48.5 Å². The van der Waals surface area contributed by atoms with Gasteiger partial charge in [0.05, 0.1) is 0 Å². The van der Waals surface area contributed by atoms with Crippen LogP contribution in [-0.4, -0.2) is 65.4 Å². The molecule has 0 aliphatic carbocycles. The largest absolute Gasteiger partial charge is 0.508 e. The Morgan fingerprint density at radius 3 is 2.11 bits per heavy atom. The molecule has 3 aromatic carbocycles. The van der Waals surface area contributed by atoms with Crippen molar-refractivity contribution >= 4 is 33.4 Å². The van der Waals surface area contributed by atoms with E-state index in [1.807, 2.05) is 36.4 Å². The van der Waals surface area contributed by atoms with Gasteiger partial charge in [-0.1, -0.05) is 30.3 Å². The standard InChI is InChI=1S/C30H31FN6O/c31-27-24(26-12-22(38)11-17-3-1-2-4-23(17)26)9-10-25-28(27)34-30(37-15-20-7-8-21(16-37)33-20)35-29(25)36-13-18-5-6-19(14-36)32-18/h1-4,9-12,18-21,32-33,38H,5-8,13-16H2/t18-,19+,20?,21?. The Hall–Kier alpha value is -3.49. The maximum absolute atomic E-state index is 16.6. The quantitative estimate of drug-likeness (QED) is 0.382. The number of benzene rings is 3. The maximum Gasteiger partial charge on any atom is 0.228 e. The molecule has 4 aliphatic heterocycles. The summed E-state index contributed by atoms with van der Waals surface area (Å²) >= 11 is 0. The van der Waals surface area contributed by atoms with Crippen molar-refractivity contribution in [1.82, 2.24) is 20.6 Å². The first kappa shape index (κ1) is 22.5. The molecule has 4 bridgehead atoms. The molecule has 4 atom stereocenters. The Morgan fingerprint density at radius 2 is 1.39 bits per heavy atom. The van der Waals surface area contributed by atoms with E-state index in [-0.39, 0.29) is 11.6 Å². The zero-order valence-electron chi connectivity index (χ0n) is 21.2. The number of anilines is 2. The van der Waals surface area contributed by atoms with Gasteiger partial charge in [0.1, 0.15) is 17.1 Å². The minimum absolute atomic E-state index is 0.120. The van der Waals surface area contributed by atoms with Crippen LogP contribution in [0.5, 0.6) is 5.75 Å². The Balaban J connectivity index is 1.32. The highest BCUT2D eigenvalue weighted by molar-refractivity contribution is 6.01. The minimum Gasteiger partial charge on any atom is -0.508 e. The van der Waals surface area contributed by atoms with E-state index in [4.69, 9.17) is 9.97 Å². The van der Waals surface area contributed by atoms with Crippen LogP contribution >= 0.6 is 0 Å². The predicted molar refractivity (Wildman–Crippen MR) is 148 cm³/mol. The first-order chi connectivity index (χ1) is 18.6. The van der Waals surface area contributed by atoms with Crippen molar-refractivity contribution in [2.45, 2.75) is 49.9 Å². The van der Waals surface area contributed by atoms with Gasteiger partial charge in [-0.25, -0.2) is 9.37 Å². The van der Waals surface area contributed by atoms with Crippen molar-refractivity contribution in [1.29, 1.82) is 0 Å². The van der Waals surface area contributed by atoms with E-state index in [0.29, 0.717) is 46.8 Å². The zero-order valence-corrected chi connectivity index (χ0v) is 21.2. The summed E-state index contributed by atoms with van der Waals surface area (Å²) in [6.07, 6.45) is 4.65. The van der Waals surface area contributed by atoms with Crippen molar-refractivity contribution in [3.05, 3.63) is 54.3 Å². The molecule has 0 radical (unpaired) electrons. The highest BCUT2D eigenvalue weighted by Gasteiger charge is 2.36. The van der Waals surface area contributed by atoms with E-state index in [1.165, 1.54) is 12.8 Å². The van der Waals surface area contributed by atoms with Gasteiger partial charge in [-0.05, 0) is 60.2 Å². The van der Waals surface area contributed by atoms with Gasteiger partial charge < -0.3 is 25.5 Å². The van der Waals surface area contributed by atoms with Crippen LogP contribution in [0.1, 0.15) is 25.7 Å². The van der Waals surface area contributed by atoms with Crippen molar-refractivity contribution in [3.8, 4) is 16.9 Å². The lowest BCUT2D eigenvalue weighted by atomic mass is 9.96. The zero-order chi connectivity index (χ0) is 25.4. The van der Waals surface area contributed by atoms with E-state index in [1.54, 1.807) is 12.1 Å². The average Bonchev–Trinajstić information content (AvgIpc) is 3.46. The second kappa shape index (κ2) is 8.51. The van der Waals surface area contributed by atoms with Gasteiger partial charge in [0.2, 0.25) is 5.95 Å². The molecular formula is C30H31FN6O. The van der Waals surface area contributed by atoms with Crippen LogP contribution in [0.3, 0.4) is 0 Å². The van der Waals surface area contributed by atoms with E-state index >= 15 is 4.39 Å². The monoisotopic (exact) mass is 510 g/mol. The fourth-order valence-corrected chi connectivity index (χ4v) is 7.17. The Labute approximate surface area is 220 Å². The van der Waals surface area contributed by atoms with Crippen molar-refractivity contribution < 1.29 is 9.50 Å². The molecular weight excluding hydrogens is 479 g/mol. The number of aromatic nitrogens is 2. The number of hydrogen-bond donors (Lipinski definition) is 3. The van der Waals surface area contributed by atoms with Gasteiger partial charge in [-0.3, -0.25) is 0 Å². The fourth-order valence-electron chi connectivity index (χ4n) is 7.17. The van der Waals surface area contributed by atoms with Crippen molar-refractivity contribution in [3.63, 3.8) is 0 Å². The maximum atomic E-state index is 16.6. The van der Waals surface area contributed by atoms with Crippen LogP contribution in [0.4, 0.5) is 16.2 Å². The number of halogens is 1. The lowest BCUT2D eigenvalue weighted by Crippen LogP contribution is -2.52. The van der Waals surface area contributed by atoms with Gasteiger partial charge >= 0.3 is 0 Å². The molecule has 0 amide bonds. The smallest absolute Gasteiger partial charge is 0.228 e. The summed E-state index contributed by atoms with van der Waals surface area (Å²) in [6.45, 7) is 3.42. The lowest BCUT2D eigenvalue weighted by molar-refractivity contribution is 0.457. The highest BCUT2D eigenvalue weighted by Crippen LogP contribution is 2.39. The molecule has 2 unspecified atom stereocenters. The number of hydrogen-bond acceptors (Lipinski definition) is 7. The van der Waals surface area contributed by atoms with E-state index in [2.05, 4.69) is 20.4 Å². The number of nitrogens with one attached hydrogen (secondary N) is 2. The van der Waals surface area contributed by atoms with Crippen molar-refractivity contribution in [2.24, 2.45) is 0 Å². The molecule has 3 N–H and O–H groups in total. The minimum atomic E-state index is -0.362. The van der Waals surface area contributed by atoms with Crippen LogP contribution in [0, 0.1) is 5.82 Å². The molecule has 5 heterocycles. The topological polar surface area (TPSA) is 76.6 Å². The number of piperazine rings is 2. The summed E-state index contributed by atoms with van der Waals surface area (Å²) in [5.41, 5.74) is 1.47. The molecule has 8 rings (SSSR count). The number of phenolic OH excluding ortho intramolecular Hbond substituents is 1. The molecule has 4 aromatic rings. The third-order valence-electron chi connectivity index (χ3n) is 8.93. The van der Waals surface area contributed by atoms with Crippen LogP contribution in [-0.2, 0) is 0 Å². The van der Waals surface area contributed by atoms with Crippen LogP contribution < -0.4 is 20.4 Å². The Morgan fingerprint density at radius 1 is 0.737 bits per heavy atom. The van der Waals surface area contributed by atoms with E-state index < -0.39 is 0 Å². The number of fused-ring (bicyclic) bond motifs is 6. The third kappa shape index (κ3) is 3.61. The number of nitrogens with zero attached hydrogens (tertiary/aromatic N) is 4. The van der Waals surface area contributed by atoms with Crippen LogP contribution in [0.25, 0.3) is 32.8 Å². The van der Waals surface area contributed by atoms with Gasteiger partial charge in [0, 0.05) is 61.3 Å². The van der Waals surface area contributed by atoms with Gasteiger partial charge in [0.15, 0.2) is 5.82 Å². The van der Waals surface area contributed by atoms with Gasteiger partial charge in [-0.2, -0.15) is 4.98 Å². The normalized spacial score (nSPS) is 26.6. The second-order valence-corrected chi connectivity index (χ2v) is 11.5. The lowest BCUT2D eigenvalue weighted by Gasteiger charge is -2.36. The molecule has 38 heavy (non-hydrogen) atoms. The summed E-state index contributed by atoms with van der Waals surface area (Å²) in [7, 11) is 0. The molecule has 8 heteroatoms. The molecule has 194 valence electrons. The van der Waals surface area contributed by atoms with E-state index in [9.17, 15) is 5.11 Å². The van der Waals surface area contributed by atoms with Crippen molar-refractivity contribution in [2.75, 3.05) is 36.0 Å². The summed E-state index contributed by atoms with van der Waals surface area (Å²) in [4.78, 5) is 14.6.